The van der Waals surface area contributed by atoms with E-state index < -0.39 is 0 Å². The average molecular weight is 200 g/mol. The van der Waals surface area contributed by atoms with Crippen molar-refractivity contribution in [1.29, 1.82) is 0 Å². The van der Waals surface area contributed by atoms with Crippen LogP contribution in [0.25, 0.3) is 0 Å². The molecular formula is C10H14ClNO. The first-order chi connectivity index (χ1) is 6.25. The average Bonchev–Trinajstić information content (AvgIpc) is 2.13. The van der Waals surface area contributed by atoms with Crippen LogP contribution in [0.4, 0.5) is 5.69 Å². The lowest BCUT2D eigenvalue weighted by Crippen LogP contribution is -1.96. The molecule has 13 heavy (non-hydrogen) atoms. The summed E-state index contributed by atoms with van der Waals surface area (Å²) in [4.78, 5) is 0. The third kappa shape index (κ3) is 2.90. The summed E-state index contributed by atoms with van der Waals surface area (Å²) in [5.41, 5.74) is 7.51. The van der Waals surface area contributed by atoms with Gasteiger partial charge >= 0.3 is 0 Å². The van der Waals surface area contributed by atoms with E-state index in [1.807, 2.05) is 12.1 Å². The van der Waals surface area contributed by atoms with Gasteiger partial charge < -0.3 is 10.8 Å². The van der Waals surface area contributed by atoms with Gasteiger partial charge in [0.05, 0.1) is 10.7 Å². The van der Waals surface area contributed by atoms with E-state index in [4.69, 9.17) is 22.4 Å². The molecule has 0 aliphatic rings. The molecule has 0 amide bonds. The van der Waals surface area contributed by atoms with E-state index in [1.165, 1.54) is 0 Å². The zero-order chi connectivity index (χ0) is 9.68. The first kappa shape index (κ1) is 10.4. The first-order valence-electron chi connectivity index (χ1n) is 4.39. The Labute approximate surface area is 83.3 Å². The summed E-state index contributed by atoms with van der Waals surface area (Å²) >= 11 is 5.85. The quantitative estimate of drug-likeness (QED) is 0.577. The van der Waals surface area contributed by atoms with E-state index >= 15 is 0 Å². The number of benzene rings is 1. The number of nitrogen functional groups attached to an aromatic ring is 1. The molecule has 0 radical (unpaired) electrons. The molecule has 0 bridgehead atoms. The second-order valence-corrected chi connectivity index (χ2v) is 3.40. The molecule has 0 aliphatic heterocycles. The van der Waals surface area contributed by atoms with Crippen LogP contribution in [-0.4, -0.2) is 11.7 Å². The van der Waals surface area contributed by atoms with E-state index in [9.17, 15) is 0 Å². The molecule has 0 aromatic heterocycles. The summed E-state index contributed by atoms with van der Waals surface area (Å²) in [5.74, 6) is 0. The molecule has 0 spiro atoms. The van der Waals surface area contributed by atoms with Crippen LogP contribution in [0.1, 0.15) is 18.4 Å². The van der Waals surface area contributed by atoms with Crippen LogP contribution in [0.2, 0.25) is 5.02 Å². The lowest BCUT2D eigenvalue weighted by Gasteiger charge is -2.05. The highest BCUT2D eigenvalue weighted by atomic mass is 35.5. The standard InChI is InChI=1S/C10H14ClNO/c11-9-6-3-5-8(10(9)12)4-1-2-7-13/h3,5-6,13H,1-2,4,7,12H2. The van der Waals surface area contributed by atoms with Gasteiger partial charge in [-0.2, -0.15) is 0 Å². The van der Waals surface area contributed by atoms with Gasteiger partial charge in [-0.05, 0) is 30.9 Å². The molecule has 1 aromatic rings. The Morgan fingerprint density at radius 3 is 2.77 bits per heavy atom. The minimum Gasteiger partial charge on any atom is -0.397 e. The lowest BCUT2D eigenvalue weighted by molar-refractivity contribution is 0.284. The number of aryl methyl sites for hydroxylation is 1. The Kier molecular flexibility index (Phi) is 4.06. The number of para-hydroxylation sites is 1. The molecule has 2 nitrogen and oxygen atoms in total. The predicted octanol–water partition coefficient (Wildman–Crippen LogP) is 2.24. The maximum Gasteiger partial charge on any atom is 0.0638 e. The van der Waals surface area contributed by atoms with Gasteiger partial charge in [0.2, 0.25) is 0 Å². The summed E-state index contributed by atoms with van der Waals surface area (Å²) in [6.45, 7) is 0.237. The normalized spacial score (nSPS) is 10.3. The summed E-state index contributed by atoms with van der Waals surface area (Å²) in [6.07, 6.45) is 2.64. The van der Waals surface area contributed by atoms with E-state index in [0.717, 1.165) is 24.8 Å². The van der Waals surface area contributed by atoms with Crippen molar-refractivity contribution in [1.82, 2.24) is 0 Å². The highest BCUT2D eigenvalue weighted by Crippen LogP contribution is 2.23. The Morgan fingerprint density at radius 2 is 2.08 bits per heavy atom. The molecule has 1 aromatic carbocycles. The number of nitrogens with two attached hydrogens (primary N) is 1. The minimum atomic E-state index is 0.237. The molecule has 0 saturated carbocycles. The van der Waals surface area contributed by atoms with Crippen molar-refractivity contribution < 1.29 is 5.11 Å². The number of halogens is 1. The zero-order valence-corrected chi connectivity index (χ0v) is 8.22. The number of rotatable bonds is 4. The topological polar surface area (TPSA) is 46.2 Å². The van der Waals surface area contributed by atoms with Gasteiger partial charge in [-0.15, -0.1) is 0 Å². The smallest absolute Gasteiger partial charge is 0.0638 e. The predicted molar refractivity (Wildman–Crippen MR) is 55.9 cm³/mol. The van der Waals surface area contributed by atoms with Gasteiger partial charge in [0.15, 0.2) is 0 Å². The Hall–Kier alpha value is -0.730. The van der Waals surface area contributed by atoms with E-state index in [0.29, 0.717) is 10.7 Å². The van der Waals surface area contributed by atoms with Crippen LogP contribution in [0.3, 0.4) is 0 Å². The fourth-order valence-corrected chi connectivity index (χ4v) is 1.42. The van der Waals surface area contributed by atoms with Gasteiger partial charge in [-0.1, -0.05) is 23.7 Å². The number of hydrogen-bond donors (Lipinski definition) is 2. The molecular weight excluding hydrogens is 186 g/mol. The van der Waals surface area contributed by atoms with Gasteiger partial charge in [0, 0.05) is 6.61 Å². The van der Waals surface area contributed by atoms with Gasteiger partial charge in [0.25, 0.3) is 0 Å². The summed E-state index contributed by atoms with van der Waals surface area (Å²) in [6, 6.07) is 5.65. The van der Waals surface area contributed by atoms with Crippen molar-refractivity contribution in [2.45, 2.75) is 19.3 Å². The second kappa shape index (κ2) is 5.10. The van der Waals surface area contributed by atoms with Gasteiger partial charge in [-0.25, -0.2) is 0 Å². The van der Waals surface area contributed by atoms with E-state index in [1.54, 1.807) is 6.07 Å². The zero-order valence-electron chi connectivity index (χ0n) is 7.46. The molecule has 3 heteroatoms. The third-order valence-electron chi connectivity index (χ3n) is 2.00. The summed E-state index contributed by atoms with van der Waals surface area (Å²) < 4.78 is 0. The third-order valence-corrected chi connectivity index (χ3v) is 2.33. The molecule has 0 unspecified atom stereocenters. The minimum absolute atomic E-state index is 0.237. The van der Waals surface area contributed by atoms with Crippen molar-refractivity contribution >= 4 is 17.3 Å². The summed E-state index contributed by atoms with van der Waals surface area (Å²) in [5, 5.41) is 9.22. The molecule has 3 N–H and O–H groups in total. The van der Waals surface area contributed by atoms with Crippen molar-refractivity contribution in [3.63, 3.8) is 0 Å². The second-order valence-electron chi connectivity index (χ2n) is 2.99. The SMILES string of the molecule is Nc1c(Cl)cccc1CCCCO. The van der Waals surface area contributed by atoms with Crippen molar-refractivity contribution in [2.75, 3.05) is 12.3 Å². The van der Waals surface area contributed by atoms with Crippen LogP contribution in [-0.2, 0) is 6.42 Å². The van der Waals surface area contributed by atoms with Gasteiger partial charge in [-0.3, -0.25) is 0 Å². The highest BCUT2D eigenvalue weighted by molar-refractivity contribution is 6.33. The molecule has 72 valence electrons. The van der Waals surface area contributed by atoms with E-state index in [2.05, 4.69) is 0 Å². The molecule has 0 aliphatic carbocycles. The lowest BCUT2D eigenvalue weighted by atomic mass is 10.1. The molecule has 0 saturated heterocycles. The highest BCUT2D eigenvalue weighted by Gasteiger charge is 2.01. The monoisotopic (exact) mass is 199 g/mol. The van der Waals surface area contributed by atoms with Crippen LogP contribution < -0.4 is 5.73 Å². The van der Waals surface area contributed by atoms with E-state index in [-0.39, 0.29) is 6.61 Å². The maximum atomic E-state index is 8.61. The fourth-order valence-electron chi connectivity index (χ4n) is 1.23. The number of aliphatic hydroxyl groups excluding tert-OH is 1. The number of unbranched alkanes of at least 4 members (excludes halogenated alkanes) is 1. The van der Waals surface area contributed by atoms with Crippen LogP contribution >= 0.6 is 11.6 Å². The molecule has 0 atom stereocenters. The fraction of sp³-hybridized carbons (Fsp3) is 0.400. The van der Waals surface area contributed by atoms with Crippen LogP contribution in [0, 0.1) is 0 Å². The maximum absolute atomic E-state index is 8.61. The number of aliphatic hydroxyl groups is 1. The Morgan fingerprint density at radius 1 is 1.31 bits per heavy atom. The summed E-state index contributed by atoms with van der Waals surface area (Å²) in [7, 11) is 0. The molecule has 1 rings (SSSR count). The Balaban J connectivity index is 2.61. The van der Waals surface area contributed by atoms with Gasteiger partial charge in [0.1, 0.15) is 0 Å². The largest absolute Gasteiger partial charge is 0.397 e. The number of anilines is 1. The molecule has 0 heterocycles. The van der Waals surface area contributed by atoms with Crippen LogP contribution in [0.5, 0.6) is 0 Å². The number of hydrogen-bond acceptors (Lipinski definition) is 2. The van der Waals surface area contributed by atoms with Crippen molar-refractivity contribution in [3.8, 4) is 0 Å². The first-order valence-corrected chi connectivity index (χ1v) is 4.77. The Bertz CT molecular complexity index is 276. The molecule has 0 fully saturated rings. The van der Waals surface area contributed by atoms with Crippen molar-refractivity contribution in [2.24, 2.45) is 0 Å². The van der Waals surface area contributed by atoms with Crippen LogP contribution in [0.15, 0.2) is 18.2 Å². The van der Waals surface area contributed by atoms with Crippen molar-refractivity contribution in [3.05, 3.63) is 28.8 Å².